The highest BCUT2D eigenvalue weighted by atomic mass is 35.5. The summed E-state index contributed by atoms with van der Waals surface area (Å²) in [6.45, 7) is 6.81. The summed E-state index contributed by atoms with van der Waals surface area (Å²) in [6.07, 6.45) is 10.2. The molecule has 1 aliphatic carbocycles. The standard InChI is InChI=1S/C18H31N3O.2ClH/c22-17(16-14-18(16)6-8-19-9-7-18)21-12-4-15(5-13-21)20-10-2-1-3-11-20;;/h15-16,19H,1-14H2;2*1H. The van der Waals surface area contributed by atoms with Crippen LogP contribution in [0.4, 0.5) is 0 Å². The lowest BCUT2D eigenvalue weighted by Gasteiger charge is -2.40. The molecule has 4 fully saturated rings. The first-order chi connectivity index (χ1) is 10.8. The van der Waals surface area contributed by atoms with Crippen LogP contribution in [-0.4, -0.2) is 61.0 Å². The molecule has 1 N–H and O–H groups in total. The number of amides is 1. The van der Waals surface area contributed by atoms with Crippen molar-refractivity contribution in [3.63, 3.8) is 0 Å². The van der Waals surface area contributed by atoms with Gasteiger partial charge in [-0.15, -0.1) is 24.8 Å². The number of likely N-dealkylation sites (tertiary alicyclic amines) is 2. The summed E-state index contributed by atoms with van der Waals surface area (Å²) in [6, 6.07) is 0.747. The lowest BCUT2D eigenvalue weighted by molar-refractivity contribution is -0.135. The fraction of sp³-hybridized carbons (Fsp3) is 0.944. The van der Waals surface area contributed by atoms with Crippen LogP contribution in [0.5, 0.6) is 0 Å². The quantitative estimate of drug-likeness (QED) is 0.803. The molecule has 4 nitrogen and oxygen atoms in total. The molecular weight excluding hydrogens is 345 g/mol. The van der Waals surface area contributed by atoms with E-state index in [0.29, 0.717) is 17.2 Å². The fourth-order valence-corrected chi connectivity index (χ4v) is 5.13. The predicted molar refractivity (Wildman–Crippen MR) is 102 cm³/mol. The molecule has 6 heteroatoms. The van der Waals surface area contributed by atoms with Gasteiger partial charge >= 0.3 is 0 Å². The van der Waals surface area contributed by atoms with E-state index in [1.54, 1.807) is 0 Å². The van der Waals surface area contributed by atoms with E-state index in [-0.39, 0.29) is 24.8 Å². The molecule has 24 heavy (non-hydrogen) atoms. The summed E-state index contributed by atoms with van der Waals surface area (Å²) in [5.41, 5.74) is 0.395. The first-order valence-corrected chi connectivity index (χ1v) is 9.52. The molecule has 3 saturated heterocycles. The zero-order valence-electron chi connectivity index (χ0n) is 14.7. The Kier molecular flexibility index (Phi) is 7.24. The van der Waals surface area contributed by atoms with Crippen LogP contribution in [0.3, 0.4) is 0 Å². The Bertz CT molecular complexity index is 414. The van der Waals surface area contributed by atoms with Gasteiger partial charge in [-0.05, 0) is 76.5 Å². The summed E-state index contributed by atoms with van der Waals surface area (Å²) in [5, 5.41) is 3.43. The van der Waals surface area contributed by atoms with Gasteiger partial charge in [0.2, 0.25) is 5.91 Å². The second-order valence-electron chi connectivity index (χ2n) is 8.02. The molecule has 0 radical (unpaired) electrons. The second kappa shape index (κ2) is 8.57. The highest BCUT2D eigenvalue weighted by molar-refractivity contribution is 5.85. The van der Waals surface area contributed by atoms with Gasteiger partial charge in [0.15, 0.2) is 0 Å². The molecule has 1 atom stereocenters. The third-order valence-corrected chi connectivity index (χ3v) is 6.77. The molecule has 1 spiro atoms. The molecule has 4 rings (SSSR count). The summed E-state index contributed by atoms with van der Waals surface area (Å²) < 4.78 is 0. The van der Waals surface area contributed by atoms with Crippen molar-refractivity contribution in [2.24, 2.45) is 11.3 Å². The fourth-order valence-electron chi connectivity index (χ4n) is 5.13. The third kappa shape index (κ3) is 4.03. The number of halogens is 2. The van der Waals surface area contributed by atoms with Crippen LogP contribution in [-0.2, 0) is 4.79 Å². The largest absolute Gasteiger partial charge is 0.342 e. The van der Waals surface area contributed by atoms with Crippen molar-refractivity contribution < 1.29 is 4.79 Å². The van der Waals surface area contributed by atoms with Crippen molar-refractivity contribution in [1.29, 1.82) is 0 Å². The molecular formula is C18H33Cl2N3O. The summed E-state index contributed by atoms with van der Waals surface area (Å²) in [7, 11) is 0. The van der Waals surface area contributed by atoms with E-state index in [2.05, 4.69) is 15.1 Å². The first-order valence-electron chi connectivity index (χ1n) is 9.52. The highest BCUT2D eigenvalue weighted by Gasteiger charge is 2.58. The lowest BCUT2D eigenvalue weighted by atomic mass is 9.91. The third-order valence-electron chi connectivity index (χ3n) is 6.77. The molecule has 0 aromatic rings. The molecule has 0 aromatic carbocycles. The summed E-state index contributed by atoms with van der Waals surface area (Å²) >= 11 is 0. The number of piperidine rings is 3. The predicted octanol–water partition coefficient (Wildman–Crippen LogP) is 2.70. The highest BCUT2D eigenvalue weighted by Crippen LogP contribution is 2.59. The van der Waals surface area contributed by atoms with Gasteiger partial charge in [-0.3, -0.25) is 4.79 Å². The van der Waals surface area contributed by atoms with Gasteiger partial charge in [0, 0.05) is 25.0 Å². The van der Waals surface area contributed by atoms with Crippen molar-refractivity contribution in [3.8, 4) is 0 Å². The summed E-state index contributed by atoms with van der Waals surface area (Å²) in [5.74, 6) is 0.847. The van der Waals surface area contributed by atoms with Crippen LogP contribution in [0, 0.1) is 11.3 Å². The van der Waals surface area contributed by atoms with E-state index < -0.39 is 0 Å². The van der Waals surface area contributed by atoms with Gasteiger partial charge in [0.25, 0.3) is 0 Å². The van der Waals surface area contributed by atoms with Crippen LogP contribution in [0.15, 0.2) is 0 Å². The number of hydrogen-bond donors (Lipinski definition) is 1. The first kappa shape index (κ1) is 20.3. The van der Waals surface area contributed by atoms with Crippen molar-refractivity contribution in [2.75, 3.05) is 39.3 Å². The van der Waals surface area contributed by atoms with Gasteiger partial charge in [-0.25, -0.2) is 0 Å². The minimum atomic E-state index is 0. The number of hydrogen-bond acceptors (Lipinski definition) is 3. The average Bonchev–Trinajstić information content (AvgIpc) is 3.29. The molecule has 1 unspecified atom stereocenters. The number of carbonyl (C=O) groups excluding carboxylic acids is 1. The number of nitrogens with one attached hydrogen (secondary N) is 1. The van der Waals surface area contributed by atoms with Crippen molar-refractivity contribution in [3.05, 3.63) is 0 Å². The Hall–Kier alpha value is -0.0300. The average molecular weight is 378 g/mol. The van der Waals surface area contributed by atoms with E-state index in [1.165, 1.54) is 64.5 Å². The summed E-state index contributed by atoms with van der Waals surface area (Å²) in [4.78, 5) is 17.7. The molecule has 140 valence electrons. The Morgan fingerprint density at radius 3 is 2.17 bits per heavy atom. The molecule has 0 bridgehead atoms. The van der Waals surface area contributed by atoms with Gasteiger partial charge in [-0.1, -0.05) is 6.42 Å². The normalized spacial score (nSPS) is 30.3. The number of rotatable bonds is 2. The van der Waals surface area contributed by atoms with Crippen LogP contribution in [0.2, 0.25) is 0 Å². The molecule has 4 aliphatic rings. The van der Waals surface area contributed by atoms with Crippen molar-refractivity contribution in [1.82, 2.24) is 15.1 Å². The maximum atomic E-state index is 12.8. The maximum absolute atomic E-state index is 12.8. The van der Waals surface area contributed by atoms with Crippen molar-refractivity contribution in [2.45, 2.75) is 57.4 Å². The topological polar surface area (TPSA) is 35.6 Å². The molecule has 1 amide bonds. The van der Waals surface area contributed by atoms with Gasteiger partial charge in [-0.2, -0.15) is 0 Å². The van der Waals surface area contributed by atoms with E-state index in [4.69, 9.17) is 0 Å². The monoisotopic (exact) mass is 377 g/mol. The van der Waals surface area contributed by atoms with E-state index >= 15 is 0 Å². The van der Waals surface area contributed by atoms with Crippen LogP contribution < -0.4 is 5.32 Å². The van der Waals surface area contributed by atoms with Crippen LogP contribution in [0.1, 0.15) is 51.4 Å². The smallest absolute Gasteiger partial charge is 0.226 e. The van der Waals surface area contributed by atoms with Crippen LogP contribution in [0.25, 0.3) is 0 Å². The van der Waals surface area contributed by atoms with E-state index in [9.17, 15) is 4.79 Å². The minimum Gasteiger partial charge on any atom is -0.342 e. The van der Waals surface area contributed by atoms with Crippen molar-refractivity contribution >= 4 is 30.7 Å². The van der Waals surface area contributed by atoms with Gasteiger partial charge in [0.1, 0.15) is 0 Å². The van der Waals surface area contributed by atoms with E-state index in [1.807, 2.05) is 0 Å². The molecule has 0 aromatic heterocycles. The van der Waals surface area contributed by atoms with E-state index in [0.717, 1.165) is 32.2 Å². The number of carbonyl (C=O) groups is 1. The Balaban J connectivity index is 0.00000104. The second-order valence-corrected chi connectivity index (χ2v) is 8.02. The van der Waals surface area contributed by atoms with Gasteiger partial charge in [0.05, 0.1) is 0 Å². The molecule has 3 heterocycles. The van der Waals surface area contributed by atoms with Gasteiger partial charge < -0.3 is 15.1 Å². The zero-order chi connectivity index (χ0) is 15.0. The Labute approximate surface area is 158 Å². The lowest BCUT2D eigenvalue weighted by Crippen LogP contribution is -2.49. The zero-order valence-corrected chi connectivity index (χ0v) is 16.3. The molecule has 1 saturated carbocycles. The van der Waals surface area contributed by atoms with Crippen LogP contribution >= 0.6 is 24.8 Å². The molecule has 3 aliphatic heterocycles. The minimum absolute atomic E-state index is 0. The maximum Gasteiger partial charge on any atom is 0.226 e. The Morgan fingerprint density at radius 1 is 0.917 bits per heavy atom. The number of nitrogens with zero attached hydrogens (tertiary/aromatic N) is 2. The Morgan fingerprint density at radius 2 is 1.54 bits per heavy atom. The SMILES string of the molecule is Cl.Cl.O=C(C1CC12CCNCC2)N1CCC(N2CCCCC2)CC1.